The van der Waals surface area contributed by atoms with E-state index in [1.54, 1.807) is 0 Å². The van der Waals surface area contributed by atoms with Gasteiger partial charge in [0.1, 0.15) is 0 Å². The van der Waals surface area contributed by atoms with Gasteiger partial charge in [-0.2, -0.15) is 0 Å². The van der Waals surface area contributed by atoms with Crippen molar-refractivity contribution < 1.29 is 9.53 Å². The van der Waals surface area contributed by atoms with Crippen LogP contribution in [0.2, 0.25) is 0 Å². The van der Waals surface area contributed by atoms with Crippen LogP contribution in [0.15, 0.2) is 24.3 Å². The third kappa shape index (κ3) is 5.44. The fraction of sp³-hybridized carbons (Fsp3) is 0.650. The number of rotatable bonds is 4. The van der Waals surface area contributed by atoms with E-state index in [0.717, 1.165) is 45.1 Å². The molecule has 140 valence electrons. The Labute approximate surface area is 157 Å². The van der Waals surface area contributed by atoms with Crippen LogP contribution in [0.1, 0.15) is 55.8 Å². The molecule has 1 heterocycles. The molecule has 25 heavy (non-hydrogen) atoms. The molecule has 4 unspecified atom stereocenters. The largest absolute Gasteiger partial charge is 0.373 e. The normalized spacial score (nSPS) is 29.5. The first-order valence-corrected chi connectivity index (χ1v) is 9.35. The van der Waals surface area contributed by atoms with Gasteiger partial charge in [0.2, 0.25) is 5.91 Å². The van der Waals surface area contributed by atoms with Gasteiger partial charge in [0.15, 0.2) is 0 Å². The molecule has 1 aromatic carbocycles. The van der Waals surface area contributed by atoms with E-state index >= 15 is 0 Å². The fourth-order valence-corrected chi connectivity index (χ4v) is 4.02. The van der Waals surface area contributed by atoms with Crippen molar-refractivity contribution in [1.82, 2.24) is 5.32 Å². The molecule has 5 heteroatoms. The van der Waals surface area contributed by atoms with Crippen molar-refractivity contribution in [3.63, 3.8) is 0 Å². The van der Waals surface area contributed by atoms with Gasteiger partial charge >= 0.3 is 0 Å². The number of carbonyl (C=O) groups excluding carboxylic acids is 1. The van der Waals surface area contributed by atoms with Crippen LogP contribution in [0.3, 0.4) is 0 Å². The van der Waals surface area contributed by atoms with E-state index in [1.165, 1.54) is 11.1 Å². The van der Waals surface area contributed by atoms with Crippen molar-refractivity contribution in [2.45, 2.75) is 57.6 Å². The number of halogens is 1. The number of nitrogens with one attached hydrogen (secondary N) is 1. The predicted molar refractivity (Wildman–Crippen MR) is 103 cm³/mol. The number of benzene rings is 1. The highest BCUT2D eigenvalue weighted by Gasteiger charge is 2.30. The summed E-state index contributed by atoms with van der Waals surface area (Å²) in [7, 11) is 0. The number of nitrogens with two attached hydrogens (primary N) is 1. The lowest BCUT2D eigenvalue weighted by atomic mass is 9.85. The Morgan fingerprint density at radius 2 is 1.96 bits per heavy atom. The molecule has 0 spiro atoms. The molecule has 1 aliphatic heterocycles. The van der Waals surface area contributed by atoms with E-state index in [2.05, 4.69) is 36.5 Å². The van der Waals surface area contributed by atoms with Crippen LogP contribution in [0, 0.1) is 18.8 Å². The lowest BCUT2D eigenvalue weighted by molar-refractivity contribution is -0.126. The molecular weight excluding hydrogens is 336 g/mol. The van der Waals surface area contributed by atoms with Crippen LogP contribution < -0.4 is 11.1 Å². The summed E-state index contributed by atoms with van der Waals surface area (Å²) in [4.78, 5) is 12.5. The van der Waals surface area contributed by atoms with Crippen LogP contribution in [0.25, 0.3) is 0 Å². The summed E-state index contributed by atoms with van der Waals surface area (Å²) in [6.07, 6.45) is 6.18. The maximum atomic E-state index is 12.5. The zero-order valence-electron chi connectivity index (χ0n) is 15.1. The first kappa shape index (κ1) is 20.2. The molecule has 2 aliphatic rings. The summed E-state index contributed by atoms with van der Waals surface area (Å²) in [6.45, 7) is 3.60. The second-order valence-electron chi connectivity index (χ2n) is 7.47. The first-order valence-electron chi connectivity index (χ1n) is 9.35. The molecule has 3 N–H and O–H groups in total. The van der Waals surface area contributed by atoms with Crippen molar-refractivity contribution in [3.8, 4) is 0 Å². The molecule has 1 amide bonds. The Balaban J connectivity index is 0.00000225. The van der Waals surface area contributed by atoms with Gasteiger partial charge in [0.25, 0.3) is 0 Å². The lowest BCUT2D eigenvalue weighted by Gasteiger charge is -2.33. The zero-order chi connectivity index (χ0) is 16.9. The van der Waals surface area contributed by atoms with E-state index in [-0.39, 0.29) is 36.4 Å². The summed E-state index contributed by atoms with van der Waals surface area (Å²) in [5, 5.41) is 3.18. The van der Waals surface area contributed by atoms with Crippen LogP contribution >= 0.6 is 12.4 Å². The van der Waals surface area contributed by atoms with E-state index < -0.39 is 0 Å². The third-order valence-electron chi connectivity index (χ3n) is 5.47. The average Bonchev–Trinajstić information content (AvgIpc) is 2.61. The Hall–Kier alpha value is -1.10. The molecule has 2 fully saturated rings. The van der Waals surface area contributed by atoms with Crippen molar-refractivity contribution in [2.24, 2.45) is 17.6 Å². The van der Waals surface area contributed by atoms with Crippen molar-refractivity contribution >= 4 is 18.3 Å². The van der Waals surface area contributed by atoms with Crippen LogP contribution in [-0.2, 0) is 9.53 Å². The second kappa shape index (κ2) is 9.56. The van der Waals surface area contributed by atoms with E-state index in [4.69, 9.17) is 10.5 Å². The van der Waals surface area contributed by atoms with Gasteiger partial charge in [0, 0.05) is 31.0 Å². The first-order chi connectivity index (χ1) is 11.6. The second-order valence-corrected chi connectivity index (χ2v) is 7.47. The highest BCUT2D eigenvalue weighted by atomic mass is 35.5. The summed E-state index contributed by atoms with van der Waals surface area (Å²) < 4.78 is 6.04. The number of carbonyl (C=O) groups is 1. The summed E-state index contributed by atoms with van der Waals surface area (Å²) >= 11 is 0. The molecule has 4 atom stereocenters. The molecule has 1 saturated carbocycles. The van der Waals surface area contributed by atoms with Gasteiger partial charge < -0.3 is 15.8 Å². The number of hydrogen-bond donors (Lipinski definition) is 2. The smallest absolute Gasteiger partial charge is 0.223 e. The highest BCUT2D eigenvalue weighted by Crippen LogP contribution is 2.33. The molecule has 1 saturated heterocycles. The van der Waals surface area contributed by atoms with Gasteiger partial charge in [-0.05, 0) is 44.6 Å². The molecule has 1 aromatic rings. The number of amides is 1. The molecule has 0 radical (unpaired) electrons. The minimum atomic E-state index is 0. The minimum absolute atomic E-state index is 0. The predicted octanol–water partition coefficient (Wildman–Crippen LogP) is 3.52. The Kier molecular flexibility index (Phi) is 7.73. The summed E-state index contributed by atoms with van der Waals surface area (Å²) in [5.74, 6) is 0.622. The molecular formula is C20H31ClN2O2. The Morgan fingerprint density at radius 1 is 1.20 bits per heavy atom. The van der Waals surface area contributed by atoms with Crippen molar-refractivity contribution in [3.05, 3.63) is 35.4 Å². The average molecular weight is 367 g/mol. The van der Waals surface area contributed by atoms with Crippen LogP contribution in [0.5, 0.6) is 0 Å². The minimum Gasteiger partial charge on any atom is -0.373 e. The quantitative estimate of drug-likeness (QED) is 0.856. The van der Waals surface area contributed by atoms with E-state index in [0.29, 0.717) is 12.5 Å². The maximum Gasteiger partial charge on any atom is 0.223 e. The van der Waals surface area contributed by atoms with Crippen LogP contribution in [0.4, 0.5) is 0 Å². The van der Waals surface area contributed by atoms with Crippen molar-refractivity contribution in [2.75, 3.05) is 13.2 Å². The topological polar surface area (TPSA) is 64.3 Å². The Morgan fingerprint density at radius 3 is 2.68 bits per heavy atom. The summed E-state index contributed by atoms with van der Waals surface area (Å²) in [6, 6.07) is 8.76. The lowest BCUT2D eigenvalue weighted by Crippen LogP contribution is -2.41. The molecule has 0 aromatic heterocycles. The highest BCUT2D eigenvalue weighted by molar-refractivity contribution is 5.85. The van der Waals surface area contributed by atoms with Gasteiger partial charge in [-0.25, -0.2) is 0 Å². The van der Waals surface area contributed by atoms with Gasteiger partial charge in [-0.15, -0.1) is 12.4 Å². The molecule has 0 bridgehead atoms. The Bertz CT molecular complexity index is 549. The molecule has 4 nitrogen and oxygen atoms in total. The van der Waals surface area contributed by atoms with Crippen LogP contribution in [-0.4, -0.2) is 25.1 Å². The van der Waals surface area contributed by atoms with E-state index in [1.807, 2.05) is 0 Å². The monoisotopic (exact) mass is 366 g/mol. The number of hydrogen-bond acceptors (Lipinski definition) is 3. The third-order valence-corrected chi connectivity index (χ3v) is 5.47. The summed E-state index contributed by atoms with van der Waals surface area (Å²) in [5.41, 5.74) is 8.49. The van der Waals surface area contributed by atoms with E-state index in [9.17, 15) is 4.79 Å². The SMILES string of the molecule is Cc1ccc(C2OCCCC2CNC(=O)C2CCCC(N)C2)cc1.Cl. The maximum absolute atomic E-state index is 12.5. The molecule has 3 rings (SSSR count). The number of aryl methyl sites for hydroxylation is 1. The van der Waals surface area contributed by atoms with Gasteiger partial charge in [0.05, 0.1) is 6.10 Å². The van der Waals surface area contributed by atoms with Gasteiger partial charge in [-0.3, -0.25) is 4.79 Å². The fourth-order valence-electron chi connectivity index (χ4n) is 4.02. The standard InChI is InChI=1S/C20H30N2O2.ClH/c1-14-7-9-15(10-8-14)19-17(5-3-11-24-19)13-22-20(23)16-4-2-6-18(21)12-16;/h7-10,16-19H,2-6,11-13,21H2,1H3,(H,22,23);1H. The molecule has 1 aliphatic carbocycles. The van der Waals surface area contributed by atoms with Gasteiger partial charge in [-0.1, -0.05) is 36.2 Å². The number of ether oxygens (including phenoxy) is 1. The van der Waals surface area contributed by atoms with Crippen molar-refractivity contribution in [1.29, 1.82) is 0 Å². The zero-order valence-corrected chi connectivity index (χ0v) is 15.9.